The second kappa shape index (κ2) is 15.1. The first-order valence-corrected chi connectivity index (χ1v) is 12.1. The number of ether oxygens (including phenoxy) is 2. The summed E-state index contributed by atoms with van der Waals surface area (Å²) in [7, 11) is 3.04. The van der Waals surface area contributed by atoms with Crippen LogP contribution in [0.4, 0.5) is 0 Å². The summed E-state index contributed by atoms with van der Waals surface area (Å²) in [6, 6.07) is 23.3. The normalized spacial score (nSPS) is 11.6. The van der Waals surface area contributed by atoms with Crippen molar-refractivity contribution in [1.29, 1.82) is 0 Å². The highest BCUT2D eigenvalue weighted by Gasteiger charge is 2.24. The number of methoxy groups -OCH3 is 1. The number of hydrogen-bond donors (Lipinski definition) is 0. The van der Waals surface area contributed by atoms with Gasteiger partial charge in [0.2, 0.25) is 0 Å². The lowest BCUT2D eigenvalue weighted by atomic mass is 9.89. The van der Waals surface area contributed by atoms with Crippen LogP contribution in [0.5, 0.6) is 0 Å². The molecule has 0 aliphatic carbocycles. The van der Waals surface area contributed by atoms with Crippen LogP contribution in [0.3, 0.4) is 0 Å². The van der Waals surface area contributed by atoms with E-state index in [9.17, 15) is 4.79 Å². The highest BCUT2D eigenvalue weighted by molar-refractivity contribution is 6.31. The van der Waals surface area contributed by atoms with Crippen LogP contribution in [-0.4, -0.2) is 26.3 Å². The van der Waals surface area contributed by atoms with E-state index in [1.54, 1.807) is 19.3 Å². The van der Waals surface area contributed by atoms with Crippen molar-refractivity contribution < 1.29 is 14.3 Å². The van der Waals surface area contributed by atoms with Crippen molar-refractivity contribution in [3.63, 3.8) is 0 Å². The number of terminal acetylenes is 1. The summed E-state index contributed by atoms with van der Waals surface area (Å²) in [5.41, 5.74) is 5.34. The van der Waals surface area contributed by atoms with Crippen molar-refractivity contribution >= 4 is 35.1 Å². The molecule has 0 aliphatic heterocycles. The molecule has 190 valence electrons. The molecule has 4 nitrogen and oxygen atoms in total. The molecule has 3 aromatic carbocycles. The lowest BCUT2D eigenvalue weighted by Gasteiger charge is -2.20. The van der Waals surface area contributed by atoms with Crippen LogP contribution >= 0.6 is 11.6 Å². The first-order valence-electron chi connectivity index (χ1n) is 11.8. The number of hydrogen-bond acceptors (Lipinski definition) is 4. The van der Waals surface area contributed by atoms with Crippen molar-refractivity contribution in [3.05, 3.63) is 106 Å². The number of halogens is 1. The zero-order valence-electron chi connectivity index (χ0n) is 21.9. The Hall–Kier alpha value is -4.07. The molecule has 0 N–H and O–H groups in total. The summed E-state index contributed by atoms with van der Waals surface area (Å²) >= 11 is 6.58. The van der Waals surface area contributed by atoms with E-state index in [2.05, 4.69) is 10.9 Å². The van der Waals surface area contributed by atoms with Gasteiger partial charge in [-0.05, 0) is 66.9 Å². The Morgan fingerprint density at radius 2 is 1.65 bits per heavy atom. The second-order valence-corrected chi connectivity index (χ2v) is 8.28. The third-order valence-corrected chi connectivity index (χ3v) is 5.72. The van der Waals surface area contributed by atoms with Crippen molar-refractivity contribution in [2.75, 3.05) is 14.2 Å². The Morgan fingerprint density at radius 3 is 2.16 bits per heavy atom. The maximum absolute atomic E-state index is 12.6. The molecule has 0 saturated carbocycles. The van der Waals surface area contributed by atoms with Crippen LogP contribution in [0.15, 0.2) is 89.4 Å². The summed E-state index contributed by atoms with van der Waals surface area (Å²) in [6.45, 7) is 6.07. The van der Waals surface area contributed by atoms with Gasteiger partial charge >= 0.3 is 5.97 Å². The van der Waals surface area contributed by atoms with Crippen LogP contribution in [0, 0.1) is 12.3 Å². The number of nitrogens with zero attached hydrogens (tertiary/aromatic N) is 1. The number of carbonyl (C=O) groups is 1. The third-order valence-electron chi connectivity index (χ3n) is 5.51. The Kier molecular flexibility index (Phi) is 11.9. The fraction of sp³-hybridized carbons (Fsp3) is 0.188. The van der Waals surface area contributed by atoms with Gasteiger partial charge in [0, 0.05) is 17.6 Å². The number of esters is 1. The van der Waals surface area contributed by atoms with Crippen molar-refractivity contribution in [3.8, 4) is 23.5 Å². The lowest BCUT2D eigenvalue weighted by Crippen LogP contribution is -2.10. The van der Waals surface area contributed by atoms with Crippen molar-refractivity contribution in [2.24, 2.45) is 4.99 Å². The number of allylic oxidation sites excluding steroid dienone is 2. The van der Waals surface area contributed by atoms with Gasteiger partial charge in [-0.15, -0.1) is 6.42 Å². The number of rotatable bonds is 7. The highest BCUT2D eigenvalue weighted by Crippen LogP contribution is 2.39. The molecule has 5 heteroatoms. The van der Waals surface area contributed by atoms with Crippen LogP contribution in [0.2, 0.25) is 5.02 Å². The molecule has 0 aromatic heterocycles. The first-order chi connectivity index (χ1) is 17.9. The molecule has 0 unspecified atom stereocenters. The van der Waals surface area contributed by atoms with E-state index < -0.39 is 5.97 Å². The molecule has 0 spiro atoms. The zero-order valence-corrected chi connectivity index (χ0v) is 22.7. The summed E-state index contributed by atoms with van der Waals surface area (Å²) < 4.78 is 11.2. The third kappa shape index (κ3) is 7.96. The van der Waals surface area contributed by atoms with E-state index in [0.29, 0.717) is 10.6 Å². The van der Waals surface area contributed by atoms with Gasteiger partial charge in [0.25, 0.3) is 0 Å². The summed E-state index contributed by atoms with van der Waals surface area (Å²) in [5.74, 6) is 2.07. The topological polar surface area (TPSA) is 47.9 Å². The van der Waals surface area contributed by atoms with E-state index >= 15 is 0 Å². The minimum atomic E-state index is -0.647. The maximum Gasteiger partial charge on any atom is 0.350 e. The van der Waals surface area contributed by atoms with Gasteiger partial charge < -0.3 is 14.5 Å². The fourth-order valence-corrected chi connectivity index (χ4v) is 3.75. The van der Waals surface area contributed by atoms with E-state index in [1.165, 1.54) is 7.11 Å². The highest BCUT2D eigenvalue weighted by atomic mass is 35.5. The van der Waals surface area contributed by atoms with E-state index in [1.807, 2.05) is 93.6 Å². The van der Waals surface area contributed by atoms with Crippen LogP contribution in [0.1, 0.15) is 37.5 Å². The minimum Gasteiger partial charge on any atom is -0.487 e. The van der Waals surface area contributed by atoms with E-state index in [-0.39, 0.29) is 17.9 Å². The van der Waals surface area contributed by atoms with Gasteiger partial charge in [0.15, 0.2) is 11.3 Å². The lowest BCUT2D eigenvalue weighted by molar-refractivity contribution is -0.135. The average molecular weight is 514 g/mol. The van der Waals surface area contributed by atoms with Gasteiger partial charge in [-0.25, -0.2) is 4.79 Å². The maximum atomic E-state index is 12.6. The molecule has 0 bridgehead atoms. The summed E-state index contributed by atoms with van der Waals surface area (Å²) in [5, 5.41) is 0.499. The standard InChI is InChI=1S/C29H25ClO3.C3H7N/c1-5-20(3)27-25(22-15-11-8-12-16-22)17-23(30)18-26(27)28(24(6-2)29(31)32-4)33-19-21-13-9-7-10-14-21;1-3-4-2/h2,5,7-18H,19H2,1,3-4H3;3H,1-2H3/b20-5-,28-24-;. The average Bonchev–Trinajstić information content (AvgIpc) is 2.95. The summed E-state index contributed by atoms with van der Waals surface area (Å²) in [6.07, 6.45) is 9.52. The molecule has 37 heavy (non-hydrogen) atoms. The molecule has 0 amide bonds. The molecule has 0 aliphatic rings. The van der Waals surface area contributed by atoms with Crippen LogP contribution in [-0.2, 0) is 20.9 Å². The fourth-order valence-electron chi connectivity index (χ4n) is 3.53. The molecule has 3 rings (SSSR count). The predicted octanol–water partition coefficient (Wildman–Crippen LogP) is 7.87. The van der Waals surface area contributed by atoms with Gasteiger partial charge in [0.05, 0.1) is 7.11 Å². The molecular weight excluding hydrogens is 482 g/mol. The molecule has 0 saturated heterocycles. The van der Waals surface area contributed by atoms with Crippen molar-refractivity contribution in [2.45, 2.75) is 27.4 Å². The van der Waals surface area contributed by atoms with E-state index in [4.69, 9.17) is 27.5 Å². The second-order valence-electron chi connectivity index (χ2n) is 7.84. The molecule has 0 fully saturated rings. The quantitative estimate of drug-likeness (QED) is 0.106. The van der Waals surface area contributed by atoms with E-state index in [0.717, 1.165) is 27.8 Å². The van der Waals surface area contributed by atoms with Crippen LogP contribution < -0.4 is 0 Å². The van der Waals surface area contributed by atoms with Gasteiger partial charge in [-0.1, -0.05) is 84.3 Å². The van der Waals surface area contributed by atoms with Gasteiger partial charge in [0.1, 0.15) is 6.61 Å². The smallest absolute Gasteiger partial charge is 0.350 e. The molecule has 0 atom stereocenters. The van der Waals surface area contributed by atoms with Gasteiger partial charge in [-0.3, -0.25) is 0 Å². The number of benzene rings is 3. The Labute approximate surface area is 225 Å². The Bertz CT molecular complexity index is 1310. The molecular formula is C32H32ClNO3. The molecule has 3 aromatic rings. The van der Waals surface area contributed by atoms with Gasteiger partial charge in [-0.2, -0.15) is 0 Å². The Balaban J connectivity index is 0.00000112. The van der Waals surface area contributed by atoms with Crippen LogP contribution in [0.25, 0.3) is 22.5 Å². The summed E-state index contributed by atoms with van der Waals surface area (Å²) in [4.78, 5) is 16.2. The number of carbonyl (C=O) groups excluding carboxylic acids is 1. The zero-order chi connectivity index (χ0) is 27.2. The molecule has 0 heterocycles. The largest absolute Gasteiger partial charge is 0.487 e. The molecule has 0 radical (unpaired) electrons. The monoisotopic (exact) mass is 513 g/mol. The minimum absolute atomic E-state index is 0.000127. The number of aliphatic imine (C=N–C) groups is 1. The first kappa shape index (κ1) is 29.2. The predicted molar refractivity (Wildman–Crippen MR) is 155 cm³/mol. The van der Waals surface area contributed by atoms with Crippen molar-refractivity contribution in [1.82, 2.24) is 0 Å². The Morgan fingerprint density at radius 1 is 1.05 bits per heavy atom. The SMILES string of the molecule is C#C/C(C(=O)OC)=C(/OCc1ccccc1)c1cc(Cl)cc(-c2ccccc2)c1/C(C)=C\C.CC=NC.